The lowest BCUT2D eigenvalue weighted by molar-refractivity contribution is 0.436. The SMILES string of the molecule is Brc1cc(Br)nc(C2CCCCC2)c1. The molecule has 0 saturated heterocycles. The van der Waals surface area contributed by atoms with Crippen LogP contribution in [0.1, 0.15) is 43.7 Å². The molecule has 0 radical (unpaired) electrons. The second kappa shape index (κ2) is 4.75. The van der Waals surface area contributed by atoms with Gasteiger partial charge in [0.25, 0.3) is 0 Å². The van der Waals surface area contributed by atoms with Gasteiger partial charge in [-0.3, -0.25) is 0 Å². The molecule has 0 unspecified atom stereocenters. The van der Waals surface area contributed by atoms with Crippen LogP contribution in [0.5, 0.6) is 0 Å². The van der Waals surface area contributed by atoms with Crippen LogP contribution in [0, 0.1) is 0 Å². The largest absolute Gasteiger partial charge is 0.246 e. The first kappa shape index (κ1) is 10.6. The maximum Gasteiger partial charge on any atom is 0.107 e. The van der Waals surface area contributed by atoms with Gasteiger partial charge in [0, 0.05) is 16.1 Å². The van der Waals surface area contributed by atoms with Crippen LogP contribution in [0.25, 0.3) is 0 Å². The number of rotatable bonds is 1. The summed E-state index contributed by atoms with van der Waals surface area (Å²) in [6, 6.07) is 4.15. The number of nitrogens with zero attached hydrogens (tertiary/aromatic N) is 1. The molecule has 1 nitrogen and oxygen atoms in total. The summed E-state index contributed by atoms with van der Waals surface area (Å²) >= 11 is 6.95. The number of hydrogen-bond donors (Lipinski definition) is 0. The molecule has 1 heterocycles. The van der Waals surface area contributed by atoms with Gasteiger partial charge >= 0.3 is 0 Å². The molecule has 1 aromatic heterocycles. The van der Waals surface area contributed by atoms with Gasteiger partial charge in [-0.15, -0.1) is 0 Å². The van der Waals surface area contributed by atoms with Crippen molar-refractivity contribution in [1.82, 2.24) is 4.98 Å². The van der Waals surface area contributed by atoms with E-state index in [0.717, 1.165) is 9.08 Å². The molecule has 0 atom stereocenters. The normalized spacial score (nSPS) is 18.4. The summed E-state index contributed by atoms with van der Waals surface area (Å²) in [7, 11) is 0. The maximum absolute atomic E-state index is 4.54. The minimum Gasteiger partial charge on any atom is -0.246 e. The Bertz CT molecular complexity index is 299. The van der Waals surface area contributed by atoms with E-state index in [0.29, 0.717) is 5.92 Å². The first-order valence-corrected chi connectivity index (χ1v) is 6.67. The second-order valence-electron chi connectivity index (χ2n) is 3.87. The lowest BCUT2D eigenvalue weighted by Gasteiger charge is -2.21. The molecule has 1 saturated carbocycles. The van der Waals surface area contributed by atoms with Gasteiger partial charge in [0.2, 0.25) is 0 Å². The van der Waals surface area contributed by atoms with Gasteiger partial charge < -0.3 is 0 Å². The minimum absolute atomic E-state index is 0.678. The van der Waals surface area contributed by atoms with Crippen molar-refractivity contribution in [3.63, 3.8) is 0 Å². The average molecular weight is 319 g/mol. The predicted molar refractivity (Wildman–Crippen MR) is 65.5 cm³/mol. The van der Waals surface area contributed by atoms with E-state index >= 15 is 0 Å². The van der Waals surface area contributed by atoms with E-state index in [-0.39, 0.29) is 0 Å². The number of pyridine rings is 1. The van der Waals surface area contributed by atoms with E-state index < -0.39 is 0 Å². The number of halogens is 2. The molecule has 0 amide bonds. The Morgan fingerprint density at radius 3 is 2.43 bits per heavy atom. The molecule has 1 aliphatic rings. The molecule has 0 bridgehead atoms. The average Bonchev–Trinajstić information content (AvgIpc) is 2.18. The molecule has 0 aromatic carbocycles. The Hall–Kier alpha value is 0.110. The summed E-state index contributed by atoms with van der Waals surface area (Å²) in [4.78, 5) is 4.54. The Labute approximate surface area is 102 Å². The van der Waals surface area contributed by atoms with Crippen LogP contribution in [-0.4, -0.2) is 4.98 Å². The van der Waals surface area contributed by atoms with Gasteiger partial charge in [-0.1, -0.05) is 35.2 Å². The fourth-order valence-corrected chi connectivity index (χ4v) is 3.30. The molecule has 1 aromatic rings. The van der Waals surface area contributed by atoms with Crippen molar-refractivity contribution >= 4 is 31.9 Å². The lowest BCUT2D eigenvalue weighted by atomic mass is 9.87. The van der Waals surface area contributed by atoms with E-state index in [9.17, 15) is 0 Å². The van der Waals surface area contributed by atoms with Crippen LogP contribution in [0.15, 0.2) is 21.2 Å². The van der Waals surface area contributed by atoms with Gasteiger partial charge in [-0.2, -0.15) is 0 Å². The Morgan fingerprint density at radius 2 is 1.79 bits per heavy atom. The molecular formula is C11H13Br2N. The predicted octanol–water partition coefficient (Wildman–Crippen LogP) is 4.65. The van der Waals surface area contributed by atoms with Crippen molar-refractivity contribution in [3.05, 3.63) is 26.9 Å². The lowest BCUT2D eigenvalue weighted by Crippen LogP contribution is -2.06. The van der Waals surface area contributed by atoms with Crippen molar-refractivity contribution < 1.29 is 0 Å². The van der Waals surface area contributed by atoms with Crippen LogP contribution in [0.3, 0.4) is 0 Å². The zero-order valence-corrected chi connectivity index (χ0v) is 11.1. The van der Waals surface area contributed by atoms with Crippen LogP contribution < -0.4 is 0 Å². The Balaban J connectivity index is 2.21. The molecule has 76 valence electrons. The Kier molecular flexibility index (Phi) is 3.61. The van der Waals surface area contributed by atoms with Gasteiger partial charge in [-0.25, -0.2) is 4.98 Å². The summed E-state index contributed by atoms with van der Waals surface area (Å²) in [6.07, 6.45) is 6.71. The van der Waals surface area contributed by atoms with Gasteiger partial charge in [0.15, 0.2) is 0 Å². The minimum atomic E-state index is 0.678. The van der Waals surface area contributed by atoms with Crippen molar-refractivity contribution in [1.29, 1.82) is 0 Å². The van der Waals surface area contributed by atoms with E-state index in [1.165, 1.54) is 37.8 Å². The fourth-order valence-electron chi connectivity index (χ4n) is 2.09. The topological polar surface area (TPSA) is 12.9 Å². The van der Waals surface area contributed by atoms with Crippen LogP contribution >= 0.6 is 31.9 Å². The van der Waals surface area contributed by atoms with Crippen LogP contribution in [0.4, 0.5) is 0 Å². The zero-order valence-electron chi connectivity index (χ0n) is 7.97. The smallest absolute Gasteiger partial charge is 0.107 e. The van der Waals surface area contributed by atoms with E-state index in [1.807, 2.05) is 6.07 Å². The monoisotopic (exact) mass is 317 g/mol. The third kappa shape index (κ3) is 2.57. The third-order valence-corrected chi connectivity index (χ3v) is 3.67. The van der Waals surface area contributed by atoms with E-state index in [2.05, 4.69) is 42.9 Å². The molecule has 14 heavy (non-hydrogen) atoms. The van der Waals surface area contributed by atoms with Crippen molar-refractivity contribution in [2.45, 2.75) is 38.0 Å². The van der Waals surface area contributed by atoms with Gasteiger partial charge in [0.05, 0.1) is 0 Å². The molecule has 1 aliphatic carbocycles. The van der Waals surface area contributed by atoms with Crippen molar-refractivity contribution in [2.24, 2.45) is 0 Å². The first-order valence-electron chi connectivity index (χ1n) is 5.09. The highest BCUT2D eigenvalue weighted by Crippen LogP contribution is 2.33. The molecule has 2 rings (SSSR count). The number of hydrogen-bond acceptors (Lipinski definition) is 1. The molecule has 1 fully saturated rings. The summed E-state index contributed by atoms with van der Waals surface area (Å²) in [5.41, 5.74) is 1.24. The van der Waals surface area contributed by atoms with Gasteiger partial charge in [0.1, 0.15) is 4.60 Å². The molecule has 0 spiro atoms. The second-order valence-corrected chi connectivity index (χ2v) is 5.60. The summed E-state index contributed by atoms with van der Waals surface area (Å²) in [6.45, 7) is 0. The first-order chi connectivity index (χ1) is 6.75. The fraction of sp³-hybridized carbons (Fsp3) is 0.545. The van der Waals surface area contributed by atoms with Crippen molar-refractivity contribution in [3.8, 4) is 0 Å². The molecular weight excluding hydrogens is 306 g/mol. The maximum atomic E-state index is 4.54. The van der Waals surface area contributed by atoms with Crippen LogP contribution in [0.2, 0.25) is 0 Å². The zero-order chi connectivity index (χ0) is 9.97. The molecule has 3 heteroatoms. The third-order valence-electron chi connectivity index (χ3n) is 2.80. The van der Waals surface area contributed by atoms with Gasteiger partial charge in [-0.05, 0) is 40.9 Å². The number of aromatic nitrogens is 1. The summed E-state index contributed by atoms with van der Waals surface area (Å²) in [5.74, 6) is 0.678. The molecule has 0 aliphatic heterocycles. The highest BCUT2D eigenvalue weighted by Gasteiger charge is 2.17. The standard InChI is InChI=1S/C11H13Br2N/c12-9-6-10(14-11(13)7-9)8-4-2-1-3-5-8/h6-8H,1-5H2. The summed E-state index contributed by atoms with van der Waals surface area (Å²) < 4.78 is 2.06. The van der Waals surface area contributed by atoms with E-state index in [1.54, 1.807) is 0 Å². The Morgan fingerprint density at radius 1 is 1.07 bits per heavy atom. The van der Waals surface area contributed by atoms with Crippen LogP contribution in [-0.2, 0) is 0 Å². The molecule has 0 N–H and O–H groups in total. The van der Waals surface area contributed by atoms with E-state index in [4.69, 9.17) is 0 Å². The quantitative estimate of drug-likeness (QED) is 0.687. The highest BCUT2D eigenvalue weighted by molar-refractivity contribution is 9.11. The summed E-state index contributed by atoms with van der Waals surface area (Å²) in [5, 5.41) is 0. The highest BCUT2D eigenvalue weighted by atomic mass is 79.9. The van der Waals surface area contributed by atoms with Crippen molar-refractivity contribution in [2.75, 3.05) is 0 Å².